The first-order valence-corrected chi connectivity index (χ1v) is 6.83. The normalized spacial score (nSPS) is 10.7. The number of halogens is 2. The lowest BCUT2D eigenvalue weighted by Crippen LogP contribution is -2.12. The van der Waals surface area contributed by atoms with Crippen molar-refractivity contribution in [1.29, 1.82) is 0 Å². The van der Waals surface area contributed by atoms with Crippen LogP contribution in [-0.4, -0.2) is 17.5 Å². The molecule has 6 heteroatoms. The van der Waals surface area contributed by atoms with Crippen LogP contribution in [-0.2, 0) is 0 Å². The van der Waals surface area contributed by atoms with Crippen molar-refractivity contribution < 1.29 is 18.3 Å². The first kappa shape index (κ1) is 14.9. The summed E-state index contributed by atoms with van der Waals surface area (Å²) in [7, 11) is 0. The zero-order valence-electron chi connectivity index (χ0n) is 11.9. The van der Waals surface area contributed by atoms with Crippen LogP contribution in [0.2, 0.25) is 0 Å². The van der Waals surface area contributed by atoms with Crippen LogP contribution in [0.15, 0.2) is 60.8 Å². The largest absolute Gasteiger partial charge is 0.435 e. The highest BCUT2D eigenvalue weighted by molar-refractivity contribution is 6.05. The van der Waals surface area contributed by atoms with E-state index >= 15 is 0 Å². The van der Waals surface area contributed by atoms with Crippen LogP contribution in [0, 0.1) is 0 Å². The van der Waals surface area contributed by atoms with Gasteiger partial charge in [-0.3, -0.25) is 9.78 Å². The van der Waals surface area contributed by atoms with Gasteiger partial charge in [-0.2, -0.15) is 8.78 Å². The standard InChI is InChI=1S/C17H12F2N2O2/c18-17(19)23-14-6-3-5-12(9-14)16(22)21-13-8-11-4-1-2-7-15(11)20-10-13/h1-10,17H,(H,21,22). The Morgan fingerprint density at radius 2 is 1.91 bits per heavy atom. The van der Waals surface area contributed by atoms with Crippen molar-refractivity contribution in [3.63, 3.8) is 0 Å². The Morgan fingerprint density at radius 3 is 2.74 bits per heavy atom. The number of nitrogens with zero attached hydrogens (tertiary/aromatic N) is 1. The van der Waals surface area contributed by atoms with Gasteiger partial charge in [0.15, 0.2) is 0 Å². The molecule has 0 fully saturated rings. The molecule has 0 radical (unpaired) electrons. The van der Waals surface area contributed by atoms with Crippen molar-refractivity contribution in [2.45, 2.75) is 6.61 Å². The molecule has 0 unspecified atom stereocenters. The smallest absolute Gasteiger partial charge is 0.387 e. The molecule has 4 nitrogen and oxygen atoms in total. The molecule has 0 saturated heterocycles. The monoisotopic (exact) mass is 314 g/mol. The number of nitrogens with one attached hydrogen (secondary N) is 1. The maximum Gasteiger partial charge on any atom is 0.387 e. The molecule has 0 bridgehead atoms. The van der Waals surface area contributed by atoms with E-state index in [0.717, 1.165) is 10.9 Å². The number of carbonyl (C=O) groups is 1. The van der Waals surface area contributed by atoms with Gasteiger partial charge in [0, 0.05) is 10.9 Å². The number of hydrogen-bond donors (Lipinski definition) is 1. The Labute approximate surface area is 130 Å². The molecule has 116 valence electrons. The number of benzene rings is 2. The van der Waals surface area contributed by atoms with E-state index in [1.165, 1.54) is 24.3 Å². The van der Waals surface area contributed by atoms with Crippen molar-refractivity contribution in [2.24, 2.45) is 0 Å². The molecule has 0 aliphatic rings. The third-order valence-electron chi connectivity index (χ3n) is 3.17. The Hall–Kier alpha value is -3.02. The number of ether oxygens (including phenoxy) is 1. The predicted octanol–water partition coefficient (Wildman–Crippen LogP) is 4.09. The van der Waals surface area contributed by atoms with E-state index < -0.39 is 12.5 Å². The molecule has 0 atom stereocenters. The van der Waals surface area contributed by atoms with Gasteiger partial charge in [0.1, 0.15) is 5.75 Å². The highest BCUT2D eigenvalue weighted by Gasteiger charge is 2.10. The number of pyridine rings is 1. The second-order valence-corrected chi connectivity index (χ2v) is 4.78. The number of aromatic nitrogens is 1. The van der Waals surface area contributed by atoms with Crippen molar-refractivity contribution in [2.75, 3.05) is 5.32 Å². The molecule has 0 aliphatic heterocycles. The summed E-state index contributed by atoms with van der Waals surface area (Å²) < 4.78 is 28.7. The zero-order chi connectivity index (χ0) is 16.2. The Balaban J connectivity index is 1.80. The summed E-state index contributed by atoms with van der Waals surface area (Å²) in [6, 6.07) is 14.9. The number of rotatable bonds is 4. The number of amides is 1. The molecular weight excluding hydrogens is 302 g/mol. The molecule has 1 aromatic heterocycles. The summed E-state index contributed by atoms with van der Waals surface area (Å²) in [5.74, 6) is -0.494. The summed E-state index contributed by atoms with van der Waals surface area (Å²) in [5, 5.41) is 3.58. The molecule has 1 heterocycles. The number of hydrogen-bond acceptors (Lipinski definition) is 3. The van der Waals surface area contributed by atoms with Gasteiger partial charge in [0.25, 0.3) is 5.91 Å². The number of alkyl halides is 2. The minimum Gasteiger partial charge on any atom is -0.435 e. The minimum atomic E-state index is -2.93. The third kappa shape index (κ3) is 3.60. The van der Waals surface area contributed by atoms with Crippen LogP contribution in [0.1, 0.15) is 10.4 Å². The van der Waals surface area contributed by atoms with Gasteiger partial charge in [-0.05, 0) is 30.3 Å². The van der Waals surface area contributed by atoms with E-state index in [0.29, 0.717) is 5.69 Å². The van der Waals surface area contributed by atoms with E-state index in [-0.39, 0.29) is 11.3 Å². The third-order valence-corrected chi connectivity index (χ3v) is 3.17. The van der Waals surface area contributed by atoms with E-state index in [2.05, 4.69) is 15.0 Å². The molecule has 2 aromatic carbocycles. The van der Waals surface area contributed by atoms with Gasteiger partial charge in [-0.25, -0.2) is 0 Å². The Bertz CT molecular complexity index is 853. The average molecular weight is 314 g/mol. The fraction of sp³-hybridized carbons (Fsp3) is 0.0588. The van der Waals surface area contributed by atoms with Crippen molar-refractivity contribution in [3.8, 4) is 5.75 Å². The van der Waals surface area contributed by atoms with E-state index in [4.69, 9.17) is 0 Å². The molecule has 3 rings (SSSR count). The van der Waals surface area contributed by atoms with Gasteiger partial charge in [0.2, 0.25) is 0 Å². The quantitative estimate of drug-likeness (QED) is 0.789. The maximum absolute atomic E-state index is 12.2. The lowest BCUT2D eigenvalue weighted by molar-refractivity contribution is -0.0498. The Morgan fingerprint density at radius 1 is 1.09 bits per heavy atom. The maximum atomic E-state index is 12.2. The van der Waals surface area contributed by atoms with Crippen molar-refractivity contribution >= 4 is 22.5 Å². The molecular formula is C17H12F2N2O2. The number of para-hydroxylation sites is 1. The highest BCUT2D eigenvalue weighted by Crippen LogP contribution is 2.19. The number of carbonyl (C=O) groups excluding carboxylic acids is 1. The zero-order valence-corrected chi connectivity index (χ0v) is 11.9. The van der Waals surface area contributed by atoms with Gasteiger partial charge in [-0.1, -0.05) is 24.3 Å². The summed E-state index contributed by atoms with van der Waals surface area (Å²) in [5.41, 5.74) is 1.56. The van der Waals surface area contributed by atoms with E-state index in [9.17, 15) is 13.6 Å². The van der Waals surface area contributed by atoms with Crippen molar-refractivity contribution in [3.05, 3.63) is 66.4 Å². The second kappa shape index (κ2) is 6.39. The molecule has 0 saturated carbocycles. The lowest BCUT2D eigenvalue weighted by Gasteiger charge is -2.08. The first-order valence-electron chi connectivity index (χ1n) is 6.83. The summed E-state index contributed by atoms with van der Waals surface area (Å²) in [6.45, 7) is -2.93. The summed E-state index contributed by atoms with van der Waals surface area (Å²) in [4.78, 5) is 16.5. The minimum absolute atomic E-state index is 0.0655. The summed E-state index contributed by atoms with van der Waals surface area (Å²) >= 11 is 0. The van der Waals surface area contributed by atoms with Crippen LogP contribution >= 0.6 is 0 Å². The highest BCUT2D eigenvalue weighted by atomic mass is 19.3. The fourth-order valence-corrected chi connectivity index (χ4v) is 2.16. The first-order chi connectivity index (χ1) is 11.1. The van der Waals surface area contributed by atoms with Crippen molar-refractivity contribution in [1.82, 2.24) is 4.98 Å². The molecule has 0 spiro atoms. The van der Waals surface area contributed by atoms with Gasteiger partial charge in [0.05, 0.1) is 17.4 Å². The van der Waals surface area contributed by atoms with Crippen LogP contribution in [0.4, 0.5) is 14.5 Å². The molecule has 1 N–H and O–H groups in total. The average Bonchev–Trinajstić information content (AvgIpc) is 2.54. The lowest BCUT2D eigenvalue weighted by atomic mass is 10.2. The molecule has 3 aromatic rings. The fourth-order valence-electron chi connectivity index (χ4n) is 2.16. The topological polar surface area (TPSA) is 51.2 Å². The van der Waals surface area contributed by atoms with E-state index in [1.54, 1.807) is 12.3 Å². The Kier molecular flexibility index (Phi) is 4.14. The molecule has 1 amide bonds. The van der Waals surface area contributed by atoms with Crippen LogP contribution in [0.25, 0.3) is 10.9 Å². The SMILES string of the molecule is O=C(Nc1cnc2ccccc2c1)c1cccc(OC(F)F)c1. The van der Waals surface area contributed by atoms with Crippen LogP contribution in [0.5, 0.6) is 5.75 Å². The van der Waals surface area contributed by atoms with Crippen LogP contribution < -0.4 is 10.1 Å². The molecule has 0 aliphatic carbocycles. The predicted molar refractivity (Wildman–Crippen MR) is 82.8 cm³/mol. The van der Waals surface area contributed by atoms with Crippen LogP contribution in [0.3, 0.4) is 0 Å². The summed E-state index contributed by atoms with van der Waals surface area (Å²) in [6.07, 6.45) is 1.54. The van der Waals surface area contributed by atoms with Gasteiger partial charge >= 0.3 is 6.61 Å². The molecule has 23 heavy (non-hydrogen) atoms. The second-order valence-electron chi connectivity index (χ2n) is 4.78. The van der Waals surface area contributed by atoms with Gasteiger partial charge in [-0.15, -0.1) is 0 Å². The number of fused-ring (bicyclic) bond motifs is 1. The van der Waals surface area contributed by atoms with Gasteiger partial charge < -0.3 is 10.1 Å². The van der Waals surface area contributed by atoms with E-state index in [1.807, 2.05) is 24.3 Å². The number of anilines is 1.